The van der Waals surface area contributed by atoms with E-state index in [1.165, 1.54) is 18.2 Å². The van der Waals surface area contributed by atoms with Crippen LogP contribution in [0.2, 0.25) is 0 Å². The Morgan fingerprint density at radius 2 is 1.97 bits per heavy atom. The minimum atomic E-state index is -0.684. The topological polar surface area (TPSA) is 95.6 Å². The maximum Gasteiger partial charge on any atom is 0.267 e. The highest BCUT2D eigenvalue weighted by molar-refractivity contribution is 5.93. The summed E-state index contributed by atoms with van der Waals surface area (Å²) < 4.78 is 35.6. The molecule has 158 valence electrons. The Labute approximate surface area is 172 Å². The number of hydrogen-bond acceptors (Lipinski definition) is 4. The van der Waals surface area contributed by atoms with Crippen molar-refractivity contribution < 1.29 is 18.3 Å². The Kier molecular flexibility index (Phi) is 5.19. The molecule has 0 radical (unpaired) electrons. The van der Waals surface area contributed by atoms with Gasteiger partial charge in [0.15, 0.2) is 11.4 Å². The molecule has 6 nitrogen and oxygen atoms in total. The van der Waals surface area contributed by atoms with E-state index in [1.54, 1.807) is 17.4 Å². The average molecular weight is 414 g/mol. The SMILES string of the molecule is Cc1cc(OCc2c(F)cccc2F)c2nc(C)c(C(N)=O)n2c1C1CCC(N)C1. The molecule has 1 aromatic carbocycles. The predicted octanol–water partition coefficient (Wildman–Crippen LogP) is 3.50. The van der Waals surface area contributed by atoms with Crippen molar-refractivity contribution in [2.45, 2.75) is 51.7 Å². The summed E-state index contributed by atoms with van der Waals surface area (Å²) in [5.41, 5.74) is 14.6. The zero-order valence-electron chi connectivity index (χ0n) is 16.9. The monoisotopic (exact) mass is 414 g/mol. The number of ether oxygens (including phenoxy) is 1. The van der Waals surface area contributed by atoms with Crippen LogP contribution >= 0.6 is 0 Å². The standard InChI is InChI=1S/C22H24F2N4O2/c1-11-8-18(30-10-15-16(23)4-3-5-17(15)24)22-27-12(2)20(21(26)29)28(22)19(11)13-6-7-14(25)9-13/h3-5,8,13-14H,6-7,9-10,25H2,1-2H3,(H2,26,29). The molecule has 1 aliphatic rings. The number of nitrogens with two attached hydrogens (primary N) is 2. The van der Waals surface area contributed by atoms with Crippen molar-refractivity contribution >= 4 is 11.6 Å². The third-order valence-corrected chi connectivity index (χ3v) is 5.79. The van der Waals surface area contributed by atoms with Crippen molar-refractivity contribution in [1.82, 2.24) is 9.38 Å². The normalized spacial score (nSPS) is 18.8. The molecule has 4 N–H and O–H groups in total. The second-order valence-electron chi connectivity index (χ2n) is 7.90. The number of aryl methyl sites for hydroxylation is 2. The Balaban J connectivity index is 1.84. The third kappa shape index (κ3) is 3.41. The van der Waals surface area contributed by atoms with E-state index in [0.717, 1.165) is 30.5 Å². The molecule has 1 aliphatic carbocycles. The Hall–Kier alpha value is -3.00. The molecule has 30 heavy (non-hydrogen) atoms. The molecule has 0 saturated heterocycles. The largest absolute Gasteiger partial charge is 0.485 e. The molecule has 2 aromatic heterocycles. The van der Waals surface area contributed by atoms with Crippen LogP contribution in [-0.4, -0.2) is 21.3 Å². The molecule has 1 fully saturated rings. The summed E-state index contributed by atoms with van der Waals surface area (Å²) >= 11 is 0. The average Bonchev–Trinajstić information content (AvgIpc) is 3.24. The number of amides is 1. The van der Waals surface area contributed by atoms with Gasteiger partial charge in [-0.3, -0.25) is 9.20 Å². The minimum absolute atomic E-state index is 0.103. The maximum atomic E-state index is 14.0. The lowest BCUT2D eigenvalue weighted by Crippen LogP contribution is -2.19. The number of halogens is 2. The molecule has 0 bridgehead atoms. The summed E-state index contributed by atoms with van der Waals surface area (Å²) in [7, 11) is 0. The van der Waals surface area contributed by atoms with Gasteiger partial charge in [0.1, 0.15) is 23.9 Å². The summed E-state index contributed by atoms with van der Waals surface area (Å²) in [4.78, 5) is 16.7. The number of fused-ring (bicyclic) bond motifs is 1. The molecule has 2 unspecified atom stereocenters. The fraction of sp³-hybridized carbons (Fsp3) is 0.364. The van der Waals surface area contributed by atoms with Crippen molar-refractivity contribution in [3.05, 3.63) is 64.1 Å². The van der Waals surface area contributed by atoms with E-state index in [0.29, 0.717) is 17.1 Å². The molecule has 0 spiro atoms. The van der Waals surface area contributed by atoms with Gasteiger partial charge >= 0.3 is 0 Å². The van der Waals surface area contributed by atoms with Crippen LogP contribution in [0.3, 0.4) is 0 Å². The number of aromatic nitrogens is 2. The fourth-order valence-electron chi connectivity index (χ4n) is 4.42. The second kappa shape index (κ2) is 7.68. The number of carbonyl (C=O) groups is 1. The molecule has 1 amide bonds. The summed E-state index contributed by atoms with van der Waals surface area (Å²) in [6.45, 7) is 3.31. The number of imidazole rings is 1. The number of primary amides is 1. The third-order valence-electron chi connectivity index (χ3n) is 5.79. The van der Waals surface area contributed by atoms with Gasteiger partial charge in [-0.05, 0) is 56.9 Å². The molecule has 3 aromatic rings. The number of carbonyl (C=O) groups excluding carboxylic acids is 1. The van der Waals surface area contributed by atoms with Crippen molar-refractivity contribution in [3.63, 3.8) is 0 Å². The molecule has 0 aliphatic heterocycles. The first-order chi connectivity index (χ1) is 14.3. The molecular weight excluding hydrogens is 390 g/mol. The van der Waals surface area contributed by atoms with Gasteiger partial charge in [-0.25, -0.2) is 13.8 Å². The van der Waals surface area contributed by atoms with Gasteiger partial charge in [0.05, 0.1) is 11.3 Å². The van der Waals surface area contributed by atoms with Crippen LogP contribution in [0.5, 0.6) is 5.75 Å². The van der Waals surface area contributed by atoms with Gasteiger partial charge in [-0.2, -0.15) is 0 Å². The van der Waals surface area contributed by atoms with Crippen LogP contribution in [0.25, 0.3) is 5.65 Å². The summed E-state index contributed by atoms with van der Waals surface area (Å²) in [5.74, 6) is -1.47. The summed E-state index contributed by atoms with van der Waals surface area (Å²) in [5, 5.41) is 0. The van der Waals surface area contributed by atoms with Crippen LogP contribution in [0, 0.1) is 25.5 Å². The first-order valence-corrected chi connectivity index (χ1v) is 9.91. The number of nitrogens with zero attached hydrogens (tertiary/aromatic N) is 2. The van der Waals surface area contributed by atoms with Crippen molar-refractivity contribution in [3.8, 4) is 5.75 Å². The number of rotatable bonds is 5. The number of benzene rings is 1. The van der Waals surface area contributed by atoms with Crippen molar-refractivity contribution in [1.29, 1.82) is 0 Å². The Bertz CT molecular complexity index is 1120. The molecule has 1 saturated carbocycles. The van der Waals surface area contributed by atoms with Gasteiger partial charge in [-0.1, -0.05) is 6.07 Å². The fourth-order valence-corrected chi connectivity index (χ4v) is 4.42. The van der Waals surface area contributed by atoms with Gasteiger partial charge in [0.25, 0.3) is 5.91 Å². The van der Waals surface area contributed by atoms with Crippen LogP contribution in [-0.2, 0) is 6.61 Å². The first-order valence-electron chi connectivity index (χ1n) is 9.91. The van der Waals surface area contributed by atoms with Gasteiger partial charge in [0, 0.05) is 17.7 Å². The smallest absolute Gasteiger partial charge is 0.267 e. The van der Waals surface area contributed by atoms with E-state index < -0.39 is 17.5 Å². The quantitative estimate of drug-likeness (QED) is 0.668. The maximum absolute atomic E-state index is 14.0. The van der Waals surface area contributed by atoms with Crippen LogP contribution in [0.4, 0.5) is 8.78 Å². The number of pyridine rings is 1. The van der Waals surface area contributed by atoms with Crippen LogP contribution in [0.1, 0.15) is 58.2 Å². The predicted molar refractivity (Wildman–Crippen MR) is 108 cm³/mol. The Morgan fingerprint density at radius 3 is 2.57 bits per heavy atom. The summed E-state index contributed by atoms with van der Waals surface area (Å²) in [6.07, 6.45) is 2.59. The lowest BCUT2D eigenvalue weighted by Gasteiger charge is -2.19. The van der Waals surface area contributed by atoms with E-state index in [9.17, 15) is 13.6 Å². The highest BCUT2D eigenvalue weighted by Crippen LogP contribution is 2.39. The summed E-state index contributed by atoms with van der Waals surface area (Å²) in [6, 6.07) is 5.56. The Morgan fingerprint density at radius 1 is 1.27 bits per heavy atom. The van der Waals surface area contributed by atoms with Crippen molar-refractivity contribution in [2.75, 3.05) is 0 Å². The molecule has 4 rings (SSSR count). The molecule has 2 heterocycles. The van der Waals surface area contributed by atoms with Gasteiger partial charge < -0.3 is 16.2 Å². The molecule has 8 heteroatoms. The number of hydrogen-bond donors (Lipinski definition) is 2. The zero-order chi connectivity index (χ0) is 21.6. The van der Waals surface area contributed by atoms with Crippen LogP contribution < -0.4 is 16.2 Å². The van der Waals surface area contributed by atoms with E-state index in [1.807, 2.05) is 6.92 Å². The minimum Gasteiger partial charge on any atom is -0.485 e. The first kappa shape index (κ1) is 20.3. The van der Waals surface area contributed by atoms with E-state index >= 15 is 0 Å². The highest BCUT2D eigenvalue weighted by Gasteiger charge is 2.30. The second-order valence-corrected chi connectivity index (χ2v) is 7.90. The van der Waals surface area contributed by atoms with E-state index in [2.05, 4.69) is 4.98 Å². The highest BCUT2D eigenvalue weighted by atomic mass is 19.1. The van der Waals surface area contributed by atoms with Gasteiger partial charge in [-0.15, -0.1) is 0 Å². The molecular formula is C22H24F2N4O2. The lowest BCUT2D eigenvalue weighted by atomic mass is 9.98. The van der Waals surface area contributed by atoms with Crippen LogP contribution in [0.15, 0.2) is 24.3 Å². The van der Waals surface area contributed by atoms with Gasteiger partial charge in [0.2, 0.25) is 0 Å². The zero-order valence-corrected chi connectivity index (χ0v) is 16.9. The molecule has 2 atom stereocenters. The van der Waals surface area contributed by atoms with E-state index in [4.69, 9.17) is 16.2 Å². The van der Waals surface area contributed by atoms with E-state index in [-0.39, 0.29) is 29.8 Å². The van der Waals surface area contributed by atoms with Crippen molar-refractivity contribution in [2.24, 2.45) is 11.5 Å². The lowest BCUT2D eigenvalue weighted by molar-refractivity contribution is 0.0993.